The van der Waals surface area contributed by atoms with Gasteiger partial charge in [-0.25, -0.2) is 0 Å². The summed E-state index contributed by atoms with van der Waals surface area (Å²) < 4.78 is 0. The van der Waals surface area contributed by atoms with E-state index in [1.54, 1.807) is 0 Å². The summed E-state index contributed by atoms with van der Waals surface area (Å²) in [6.07, 6.45) is 0. The van der Waals surface area contributed by atoms with Crippen LogP contribution in [0.3, 0.4) is 0 Å². The molecule has 0 heterocycles. The molecule has 1 heteroatoms. The minimum Gasteiger partial charge on any atom is -0.0625 e. The van der Waals surface area contributed by atoms with Crippen molar-refractivity contribution in [3.63, 3.8) is 0 Å². The lowest BCUT2D eigenvalue weighted by molar-refractivity contribution is 0.291. The molecule has 1 rings (SSSR count). The Kier molecular flexibility index (Phi) is 4.03. The van der Waals surface area contributed by atoms with E-state index in [1.807, 2.05) is 0 Å². The summed E-state index contributed by atoms with van der Waals surface area (Å²) in [5.74, 6) is 0. The molecular weight excluding hydrogens is 227 g/mol. The Balaban J connectivity index is 3.64. The van der Waals surface area contributed by atoms with Gasteiger partial charge in [-0.15, -0.1) is 0 Å². The van der Waals surface area contributed by atoms with Crippen LogP contribution in [0.25, 0.3) is 0 Å². The van der Waals surface area contributed by atoms with Crippen LogP contribution in [0, 0.1) is 19.3 Å². The first kappa shape index (κ1) is 16.3. The lowest BCUT2D eigenvalue weighted by Gasteiger charge is -2.43. The Bertz CT molecular complexity index is 468. The van der Waals surface area contributed by atoms with Crippen molar-refractivity contribution in [1.82, 2.24) is 0 Å². The van der Waals surface area contributed by atoms with Gasteiger partial charge in [0.05, 0.1) is 0 Å². The van der Waals surface area contributed by atoms with Crippen LogP contribution in [0.1, 0.15) is 70.7 Å². The van der Waals surface area contributed by atoms with Crippen molar-refractivity contribution in [2.24, 2.45) is 5.41 Å². The van der Waals surface area contributed by atoms with E-state index in [4.69, 9.17) is 0 Å². The molecule has 0 amide bonds. The van der Waals surface area contributed by atoms with Gasteiger partial charge in [-0.05, 0) is 52.2 Å². The van der Waals surface area contributed by atoms with Gasteiger partial charge in [-0.3, -0.25) is 0 Å². The van der Waals surface area contributed by atoms with Crippen LogP contribution in [-0.2, 0) is 10.7 Å². The molecule has 0 saturated heterocycles. The first-order valence-electron chi connectivity index (χ1n) is 7.40. The molecule has 0 aliphatic carbocycles. The molecule has 1 atom stereocenters. The van der Waals surface area contributed by atoms with E-state index in [1.165, 1.54) is 22.3 Å². The molecule has 0 saturated carbocycles. The maximum absolute atomic E-state index is 2.42. The Morgan fingerprint density at radius 1 is 0.737 bits per heavy atom. The van der Waals surface area contributed by atoms with Gasteiger partial charge in [0.1, 0.15) is 7.85 Å². The normalized spacial score (nSPS) is 16.3. The lowest BCUT2D eigenvalue weighted by atomic mass is 9.50. The standard InChI is InChI=1S/C18H31B/c1-12-10-14(16(3,4)5)15(11-13(12)2)18(9,19)17(6,7)8/h10-11H,19H2,1-9H3. The van der Waals surface area contributed by atoms with Gasteiger partial charge < -0.3 is 0 Å². The Morgan fingerprint density at radius 3 is 1.42 bits per heavy atom. The highest BCUT2D eigenvalue weighted by molar-refractivity contribution is 6.16. The predicted molar refractivity (Wildman–Crippen MR) is 90.0 cm³/mol. The van der Waals surface area contributed by atoms with Crippen LogP contribution in [0.4, 0.5) is 0 Å². The molecule has 19 heavy (non-hydrogen) atoms. The molecule has 1 unspecified atom stereocenters. The van der Waals surface area contributed by atoms with E-state index < -0.39 is 0 Å². The zero-order valence-electron chi connectivity index (χ0n) is 14.7. The summed E-state index contributed by atoms with van der Waals surface area (Å²) in [5.41, 5.74) is 6.25. The van der Waals surface area contributed by atoms with Gasteiger partial charge >= 0.3 is 0 Å². The van der Waals surface area contributed by atoms with E-state index >= 15 is 0 Å². The van der Waals surface area contributed by atoms with E-state index in [9.17, 15) is 0 Å². The average molecular weight is 258 g/mol. The molecule has 0 spiro atoms. The zero-order valence-corrected chi connectivity index (χ0v) is 14.7. The highest BCUT2D eigenvalue weighted by Gasteiger charge is 2.37. The monoisotopic (exact) mass is 258 g/mol. The molecule has 106 valence electrons. The molecule has 1 aromatic carbocycles. The zero-order chi connectivity index (χ0) is 15.2. The quantitative estimate of drug-likeness (QED) is 0.651. The van der Waals surface area contributed by atoms with Gasteiger partial charge in [0.25, 0.3) is 0 Å². The number of rotatable bonds is 1. The molecule has 0 bridgehead atoms. The minimum atomic E-state index is 0.161. The van der Waals surface area contributed by atoms with Crippen LogP contribution >= 0.6 is 0 Å². The second-order valence-corrected chi connectivity index (χ2v) is 8.61. The summed E-state index contributed by atoms with van der Waals surface area (Å²) in [6.45, 7) is 20.8. The maximum atomic E-state index is 2.42. The molecule has 0 fully saturated rings. The SMILES string of the molecule is BC(C)(c1cc(C)c(C)cc1C(C)(C)C)C(C)(C)C. The molecule has 0 aliphatic rings. The first-order chi connectivity index (χ1) is 8.28. The number of aryl methyl sites for hydroxylation is 2. The fourth-order valence-corrected chi connectivity index (χ4v) is 2.36. The molecule has 0 aromatic heterocycles. The largest absolute Gasteiger partial charge is 0.115 e. The summed E-state index contributed by atoms with van der Waals surface area (Å²) in [4.78, 5) is 0. The van der Waals surface area contributed by atoms with Crippen molar-refractivity contribution in [3.05, 3.63) is 34.4 Å². The molecule has 0 radical (unpaired) electrons. The number of hydrogen-bond donors (Lipinski definition) is 0. The second kappa shape index (κ2) is 4.68. The minimum absolute atomic E-state index is 0.161. The van der Waals surface area contributed by atoms with Gasteiger partial charge in [-0.1, -0.05) is 60.6 Å². The van der Waals surface area contributed by atoms with Crippen molar-refractivity contribution < 1.29 is 0 Å². The molecule has 1 aromatic rings. The van der Waals surface area contributed by atoms with Gasteiger partial charge in [0.15, 0.2) is 0 Å². The van der Waals surface area contributed by atoms with Crippen molar-refractivity contribution in [1.29, 1.82) is 0 Å². The predicted octanol–water partition coefficient (Wildman–Crippen LogP) is 4.50. The third-order valence-corrected chi connectivity index (χ3v) is 4.99. The topological polar surface area (TPSA) is 0 Å². The molecule has 0 aliphatic heterocycles. The average Bonchev–Trinajstić information content (AvgIpc) is 2.17. The Hall–Kier alpha value is -0.715. The summed E-state index contributed by atoms with van der Waals surface area (Å²) in [5, 5.41) is 0.161. The van der Waals surface area contributed by atoms with Crippen LogP contribution in [0.5, 0.6) is 0 Å². The lowest BCUT2D eigenvalue weighted by Crippen LogP contribution is -2.40. The van der Waals surface area contributed by atoms with Gasteiger partial charge in [-0.2, -0.15) is 0 Å². The van der Waals surface area contributed by atoms with Gasteiger partial charge in [0, 0.05) is 0 Å². The first-order valence-corrected chi connectivity index (χ1v) is 7.40. The molecule has 0 N–H and O–H groups in total. The smallest absolute Gasteiger partial charge is 0.0625 e. The van der Waals surface area contributed by atoms with Crippen LogP contribution in [0.15, 0.2) is 12.1 Å². The number of hydrogen-bond acceptors (Lipinski definition) is 0. The van der Waals surface area contributed by atoms with Crippen molar-refractivity contribution >= 4 is 7.85 Å². The van der Waals surface area contributed by atoms with Crippen molar-refractivity contribution in [2.45, 2.75) is 73.0 Å². The molecular formula is C18H31B. The fraction of sp³-hybridized carbons (Fsp3) is 0.667. The van der Waals surface area contributed by atoms with E-state index in [0.29, 0.717) is 0 Å². The summed E-state index contributed by atoms with van der Waals surface area (Å²) in [7, 11) is 2.38. The van der Waals surface area contributed by atoms with Crippen molar-refractivity contribution in [2.75, 3.05) is 0 Å². The van der Waals surface area contributed by atoms with E-state index in [2.05, 4.69) is 82.3 Å². The number of benzene rings is 1. The second-order valence-electron chi connectivity index (χ2n) is 8.61. The highest BCUT2D eigenvalue weighted by atomic mass is 14.4. The fourth-order valence-electron chi connectivity index (χ4n) is 2.36. The van der Waals surface area contributed by atoms with Crippen LogP contribution in [0.2, 0.25) is 0 Å². The Morgan fingerprint density at radius 2 is 1.11 bits per heavy atom. The van der Waals surface area contributed by atoms with Gasteiger partial charge in [0.2, 0.25) is 0 Å². The van der Waals surface area contributed by atoms with Crippen LogP contribution in [-0.4, -0.2) is 7.85 Å². The van der Waals surface area contributed by atoms with E-state index in [-0.39, 0.29) is 16.1 Å². The van der Waals surface area contributed by atoms with Crippen molar-refractivity contribution in [3.8, 4) is 0 Å². The van der Waals surface area contributed by atoms with E-state index in [0.717, 1.165) is 0 Å². The summed E-state index contributed by atoms with van der Waals surface area (Å²) >= 11 is 0. The Labute approximate surface area is 121 Å². The highest BCUT2D eigenvalue weighted by Crippen LogP contribution is 2.43. The molecule has 0 nitrogen and oxygen atoms in total. The van der Waals surface area contributed by atoms with Crippen LogP contribution < -0.4 is 0 Å². The third kappa shape index (κ3) is 3.07. The third-order valence-electron chi connectivity index (χ3n) is 4.99. The summed E-state index contributed by atoms with van der Waals surface area (Å²) in [6, 6.07) is 4.82. The maximum Gasteiger partial charge on any atom is 0.115 e.